The fourth-order valence-corrected chi connectivity index (χ4v) is 5.83. The number of ether oxygens (including phenoxy) is 2. The summed E-state index contributed by atoms with van der Waals surface area (Å²) in [4.78, 5) is 22.6. The van der Waals surface area contributed by atoms with E-state index in [1.807, 2.05) is 6.08 Å². The molecule has 0 aromatic carbocycles. The summed E-state index contributed by atoms with van der Waals surface area (Å²) in [5.74, 6) is -0.458. The molecule has 0 fully saturated rings. The van der Waals surface area contributed by atoms with Gasteiger partial charge in [-0.3, -0.25) is 13.8 Å². The highest BCUT2D eigenvalue weighted by molar-refractivity contribution is 7.47. The van der Waals surface area contributed by atoms with Crippen LogP contribution in [-0.4, -0.2) is 66.3 Å². The first-order chi connectivity index (χ1) is 29.3. The van der Waals surface area contributed by atoms with Gasteiger partial charge in [-0.1, -0.05) is 154 Å². The van der Waals surface area contributed by atoms with E-state index in [1.54, 1.807) is 0 Å². The number of phosphoric ester groups is 1. The standard InChI is InChI=1S/C50H79O9P/c1-3-5-7-9-11-13-15-17-19-21-22-23-24-25-26-27-28-30-32-34-36-38-40-42-50(53)59-49(47-58-60(54,55)57-45-48(52)44-51)46-56-43-41-39-37-35-33-31-29-20-18-16-14-12-10-8-6-4-2/h5-8,11-14,17-20,22-23,25-26,28,30-31,33-34,36,48-49,51-52H,3-4,9-10,15-16,21,24,27,29,32,35,37-47H2,1-2H3,(H,54,55)/b7-5-,8-6-,13-11-,14-12-,19-17-,20-18-,23-22-,26-25-,30-28-,33-31-,36-34-. The van der Waals surface area contributed by atoms with Gasteiger partial charge in [-0.2, -0.15) is 0 Å². The van der Waals surface area contributed by atoms with Crippen molar-refractivity contribution < 1.29 is 43.0 Å². The van der Waals surface area contributed by atoms with E-state index in [4.69, 9.17) is 23.6 Å². The average Bonchev–Trinajstić information content (AvgIpc) is 3.24. The molecular weight excluding hydrogens is 776 g/mol. The first kappa shape index (κ1) is 56.6. The molecular formula is C50H79O9P. The van der Waals surface area contributed by atoms with Gasteiger partial charge in [0.05, 0.1) is 26.4 Å². The second kappa shape index (κ2) is 45.1. The van der Waals surface area contributed by atoms with Crippen molar-refractivity contribution in [1.29, 1.82) is 0 Å². The van der Waals surface area contributed by atoms with Crippen LogP contribution in [0, 0.1) is 0 Å². The van der Waals surface area contributed by atoms with Crippen molar-refractivity contribution in [1.82, 2.24) is 0 Å². The zero-order chi connectivity index (χ0) is 43.9. The highest BCUT2D eigenvalue weighted by atomic mass is 31.2. The van der Waals surface area contributed by atoms with Gasteiger partial charge in [0.1, 0.15) is 12.2 Å². The van der Waals surface area contributed by atoms with Crippen LogP contribution in [-0.2, 0) is 27.9 Å². The first-order valence-corrected chi connectivity index (χ1v) is 23.7. The molecule has 60 heavy (non-hydrogen) atoms. The third-order valence-corrected chi connectivity index (χ3v) is 9.28. The summed E-state index contributed by atoms with van der Waals surface area (Å²) in [5, 5.41) is 18.4. The number of phosphoric acid groups is 1. The topological polar surface area (TPSA) is 132 Å². The number of aliphatic hydroxyl groups excluding tert-OH is 2. The third kappa shape index (κ3) is 44.2. The quantitative estimate of drug-likeness (QED) is 0.0238. The van der Waals surface area contributed by atoms with Crippen LogP contribution in [0.3, 0.4) is 0 Å². The van der Waals surface area contributed by atoms with Crippen LogP contribution in [0.1, 0.15) is 129 Å². The van der Waals surface area contributed by atoms with Gasteiger partial charge in [-0.25, -0.2) is 4.57 Å². The molecule has 0 saturated heterocycles. The number of esters is 1. The summed E-state index contributed by atoms with van der Waals surface area (Å²) in [6, 6.07) is 0. The van der Waals surface area contributed by atoms with Crippen LogP contribution < -0.4 is 0 Å². The van der Waals surface area contributed by atoms with Crippen molar-refractivity contribution in [2.24, 2.45) is 0 Å². The largest absolute Gasteiger partial charge is 0.472 e. The summed E-state index contributed by atoms with van der Waals surface area (Å²) in [5.41, 5.74) is 0. The Morgan fingerprint density at radius 3 is 1.32 bits per heavy atom. The Hall–Kier alpha value is -3.40. The van der Waals surface area contributed by atoms with E-state index >= 15 is 0 Å². The van der Waals surface area contributed by atoms with Gasteiger partial charge in [-0.05, 0) is 103 Å². The summed E-state index contributed by atoms with van der Waals surface area (Å²) >= 11 is 0. The molecule has 9 nitrogen and oxygen atoms in total. The maximum absolute atomic E-state index is 12.6. The highest BCUT2D eigenvalue weighted by Crippen LogP contribution is 2.43. The van der Waals surface area contributed by atoms with Crippen LogP contribution >= 0.6 is 7.82 Å². The first-order valence-electron chi connectivity index (χ1n) is 22.2. The predicted molar refractivity (Wildman–Crippen MR) is 251 cm³/mol. The van der Waals surface area contributed by atoms with Crippen molar-refractivity contribution in [3.05, 3.63) is 134 Å². The van der Waals surface area contributed by atoms with Crippen LogP contribution in [0.4, 0.5) is 0 Å². The van der Waals surface area contributed by atoms with E-state index in [0.29, 0.717) is 19.4 Å². The maximum atomic E-state index is 12.6. The Morgan fingerprint density at radius 2 is 0.900 bits per heavy atom. The lowest BCUT2D eigenvalue weighted by Gasteiger charge is -2.20. The number of unbranched alkanes of at least 4 members (excludes halogenated alkanes) is 4. The van der Waals surface area contributed by atoms with Gasteiger partial charge in [0.25, 0.3) is 0 Å². The van der Waals surface area contributed by atoms with Gasteiger partial charge in [-0.15, -0.1) is 0 Å². The molecule has 0 radical (unpaired) electrons. The van der Waals surface area contributed by atoms with Gasteiger partial charge < -0.3 is 24.6 Å². The molecule has 0 aliphatic carbocycles. The second-order valence-corrected chi connectivity index (χ2v) is 15.4. The summed E-state index contributed by atoms with van der Waals surface area (Å²) in [6.07, 6.45) is 61.4. The molecule has 10 heteroatoms. The molecule has 0 heterocycles. The van der Waals surface area contributed by atoms with Crippen molar-refractivity contribution in [2.75, 3.05) is 33.0 Å². The van der Waals surface area contributed by atoms with E-state index in [0.717, 1.165) is 96.3 Å². The molecule has 338 valence electrons. The van der Waals surface area contributed by atoms with Crippen molar-refractivity contribution in [2.45, 2.75) is 142 Å². The zero-order valence-corrected chi connectivity index (χ0v) is 37.8. The zero-order valence-electron chi connectivity index (χ0n) is 36.9. The fourth-order valence-electron chi connectivity index (χ4n) is 5.04. The Labute approximate surface area is 364 Å². The summed E-state index contributed by atoms with van der Waals surface area (Å²) in [6.45, 7) is 3.08. The van der Waals surface area contributed by atoms with Gasteiger partial charge in [0.2, 0.25) is 0 Å². The van der Waals surface area contributed by atoms with Gasteiger partial charge in [0.15, 0.2) is 0 Å². The smallest absolute Gasteiger partial charge is 0.457 e. The van der Waals surface area contributed by atoms with Crippen molar-refractivity contribution in [3.63, 3.8) is 0 Å². The Bertz CT molecular complexity index is 1380. The molecule has 3 atom stereocenters. The lowest BCUT2D eigenvalue weighted by molar-refractivity contribution is -0.154. The number of allylic oxidation sites excluding steroid dienone is 22. The number of hydrogen-bond donors (Lipinski definition) is 3. The number of hydrogen-bond acceptors (Lipinski definition) is 8. The fraction of sp³-hybridized carbons (Fsp3) is 0.540. The van der Waals surface area contributed by atoms with Crippen molar-refractivity contribution in [3.8, 4) is 0 Å². The molecule has 0 aromatic rings. The predicted octanol–water partition coefficient (Wildman–Crippen LogP) is 12.6. The molecule has 0 rings (SSSR count). The molecule has 0 aromatic heterocycles. The molecule has 0 spiro atoms. The van der Waals surface area contributed by atoms with Crippen LogP contribution in [0.5, 0.6) is 0 Å². The Kier molecular flexibility index (Phi) is 42.6. The maximum Gasteiger partial charge on any atom is 0.472 e. The SMILES string of the molecule is CC/C=C\C/C=C\C/C=C\C/C=C\C/C=C\C/C=C\C/C=C\CCCC(=O)OC(COCCCCC/C=C\C/C=C\C/C=C\C/C=C\CC)COP(=O)(O)OCC(O)CO. The minimum Gasteiger partial charge on any atom is -0.457 e. The molecule has 3 unspecified atom stereocenters. The van der Waals surface area contributed by atoms with E-state index < -0.39 is 45.8 Å². The third-order valence-electron chi connectivity index (χ3n) is 8.33. The Balaban J connectivity index is 4.37. The second-order valence-electron chi connectivity index (χ2n) is 13.9. The molecule has 0 bridgehead atoms. The van der Waals surface area contributed by atoms with Gasteiger partial charge in [0, 0.05) is 13.0 Å². The van der Waals surface area contributed by atoms with Crippen LogP contribution in [0.15, 0.2) is 134 Å². The minimum absolute atomic E-state index is 0.00622. The van der Waals surface area contributed by atoms with E-state index in [2.05, 4.69) is 141 Å². The van der Waals surface area contributed by atoms with Crippen molar-refractivity contribution >= 4 is 13.8 Å². The van der Waals surface area contributed by atoms with Crippen LogP contribution in [0.2, 0.25) is 0 Å². The minimum atomic E-state index is -4.56. The monoisotopic (exact) mass is 855 g/mol. The van der Waals surface area contributed by atoms with Gasteiger partial charge >= 0.3 is 13.8 Å². The Morgan fingerprint density at radius 1 is 0.517 bits per heavy atom. The molecule has 0 amide bonds. The average molecular weight is 855 g/mol. The molecule has 0 aliphatic rings. The normalized spacial score (nSPS) is 15.2. The van der Waals surface area contributed by atoms with E-state index in [1.165, 1.54) is 0 Å². The summed E-state index contributed by atoms with van der Waals surface area (Å²) in [7, 11) is -4.56. The lowest BCUT2D eigenvalue weighted by atomic mass is 10.2. The number of rotatable bonds is 40. The summed E-state index contributed by atoms with van der Waals surface area (Å²) < 4.78 is 33.3. The number of carbonyl (C=O) groups is 1. The van der Waals surface area contributed by atoms with E-state index in [-0.39, 0.29) is 13.0 Å². The molecule has 0 saturated carbocycles. The highest BCUT2D eigenvalue weighted by Gasteiger charge is 2.26. The molecule has 0 aliphatic heterocycles. The number of carbonyl (C=O) groups excluding carboxylic acids is 1. The van der Waals surface area contributed by atoms with E-state index in [9.17, 15) is 19.4 Å². The number of aliphatic hydroxyl groups is 2. The van der Waals surface area contributed by atoms with Crippen LogP contribution in [0.25, 0.3) is 0 Å². The lowest BCUT2D eigenvalue weighted by Crippen LogP contribution is -2.29. The molecule has 3 N–H and O–H groups in total.